The lowest BCUT2D eigenvalue weighted by Gasteiger charge is -2.07. The zero-order chi connectivity index (χ0) is 11.3. The summed E-state index contributed by atoms with van der Waals surface area (Å²) in [5.74, 6) is -0.309. The Morgan fingerprint density at radius 3 is 2.87 bits per heavy atom. The van der Waals surface area contributed by atoms with Crippen LogP contribution in [0.2, 0.25) is 5.02 Å². The van der Waals surface area contributed by atoms with Gasteiger partial charge in [0.2, 0.25) is 0 Å². The van der Waals surface area contributed by atoms with Crippen LogP contribution in [0.4, 0.5) is 0 Å². The van der Waals surface area contributed by atoms with E-state index in [1.165, 1.54) is 0 Å². The van der Waals surface area contributed by atoms with Gasteiger partial charge in [0.05, 0.1) is 12.2 Å². The number of alkyl halides is 1. The lowest BCUT2D eigenvalue weighted by atomic mass is 10.1. The maximum atomic E-state index is 11.6. The van der Waals surface area contributed by atoms with Gasteiger partial charge in [0.25, 0.3) is 0 Å². The van der Waals surface area contributed by atoms with Crippen molar-refractivity contribution in [3.8, 4) is 0 Å². The molecule has 0 fully saturated rings. The number of halogens is 2. The molecule has 0 aliphatic rings. The zero-order valence-corrected chi connectivity index (χ0v) is 10.8. The van der Waals surface area contributed by atoms with E-state index in [-0.39, 0.29) is 5.97 Å². The van der Waals surface area contributed by atoms with Crippen molar-refractivity contribution in [1.82, 2.24) is 0 Å². The Hall–Kier alpha value is -0.540. The molecule has 1 aromatic carbocycles. The Balaban J connectivity index is 3.00. The van der Waals surface area contributed by atoms with E-state index >= 15 is 0 Å². The lowest BCUT2D eigenvalue weighted by Crippen LogP contribution is -2.08. The number of rotatable bonds is 4. The minimum Gasteiger partial charge on any atom is -0.462 e. The minimum atomic E-state index is -0.309. The van der Waals surface area contributed by atoms with E-state index in [1.54, 1.807) is 19.1 Å². The van der Waals surface area contributed by atoms with Gasteiger partial charge in [-0.2, -0.15) is 0 Å². The molecular formula is C11H12BrClO2. The lowest BCUT2D eigenvalue weighted by molar-refractivity contribution is 0.0525. The van der Waals surface area contributed by atoms with Crippen LogP contribution < -0.4 is 0 Å². The molecule has 1 aromatic rings. The Kier molecular flexibility index (Phi) is 5.12. The SMILES string of the molecule is CCOC(=O)c1cc(Cl)ccc1CCBr. The number of ether oxygens (including phenoxy) is 1. The molecule has 0 aliphatic carbocycles. The van der Waals surface area contributed by atoms with Gasteiger partial charge in [0, 0.05) is 10.4 Å². The first-order valence-corrected chi connectivity index (χ1v) is 6.20. The molecule has 0 amide bonds. The van der Waals surface area contributed by atoms with E-state index in [9.17, 15) is 4.79 Å². The standard InChI is InChI=1S/C11H12BrClO2/c1-2-15-11(14)10-7-9(13)4-3-8(10)5-6-12/h3-4,7H,2,5-6H2,1H3. The topological polar surface area (TPSA) is 26.3 Å². The van der Waals surface area contributed by atoms with Crippen LogP contribution in [-0.4, -0.2) is 17.9 Å². The molecule has 0 atom stereocenters. The Morgan fingerprint density at radius 1 is 1.53 bits per heavy atom. The van der Waals surface area contributed by atoms with Gasteiger partial charge < -0.3 is 4.74 Å². The smallest absolute Gasteiger partial charge is 0.338 e. The first-order chi connectivity index (χ1) is 7.19. The summed E-state index contributed by atoms with van der Waals surface area (Å²) in [5, 5.41) is 1.36. The van der Waals surface area contributed by atoms with E-state index in [0.717, 1.165) is 17.3 Å². The fraction of sp³-hybridized carbons (Fsp3) is 0.364. The number of aryl methyl sites for hydroxylation is 1. The molecule has 0 aromatic heterocycles. The highest BCUT2D eigenvalue weighted by Crippen LogP contribution is 2.18. The van der Waals surface area contributed by atoms with Crippen molar-refractivity contribution >= 4 is 33.5 Å². The molecule has 0 heterocycles. The first-order valence-electron chi connectivity index (χ1n) is 4.70. The molecule has 0 aliphatic heterocycles. The van der Waals surface area contributed by atoms with Gasteiger partial charge in [-0.15, -0.1) is 0 Å². The highest BCUT2D eigenvalue weighted by molar-refractivity contribution is 9.09. The fourth-order valence-corrected chi connectivity index (χ4v) is 1.87. The number of carbonyl (C=O) groups is 1. The summed E-state index contributed by atoms with van der Waals surface area (Å²) in [6.45, 7) is 2.16. The molecule has 0 saturated carbocycles. The highest BCUT2D eigenvalue weighted by atomic mass is 79.9. The molecule has 0 bridgehead atoms. The van der Waals surface area contributed by atoms with Gasteiger partial charge in [-0.25, -0.2) is 4.79 Å². The highest BCUT2D eigenvalue weighted by Gasteiger charge is 2.12. The van der Waals surface area contributed by atoms with Crippen LogP contribution in [0.25, 0.3) is 0 Å². The molecule has 2 nitrogen and oxygen atoms in total. The molecule has 15 heavy (non-hydrogen) atoms. The molecule has 0 saturated heterocycles. The zero-order valence-electron chi connectivity index (χ0n) is 8.43. The summed E-state index contributed by atoms with van der Waals surface area (Å²) in [6.07, 6.45) is 0.783. The second-order valence-corrected chi connectivity index (χ2v) is 4.19. The molecule has 4 heteroatoms. The minimum absolute atomic E-state index is 0.309. The van der Waals surface area contributed by atoms with Crippen molar-refractivity contribution in [2.24, 2.45) is 0 Å². The van der Waals surface area contributed by atoms with Crippen LogP contribution in [0, 0.1) is 0 Å². The largest absolute Gasteiger partial charge is 0.462 e. The van der Waals surface area contributed by atoms with E-state index < -0.39 is 0 Å². The van der Waals surface area contributed by atoms with E-state index in [4.69, 9.17) is 16.3 Å². The number of esters is 1. The van der Waals surface area contributed by atoms with Crippen molar-refractivity contribution in [2.45, 2.75) is 13.3 Å². The van der Waals surface area contributed by atoms with Crippen molar-refractivity contribution < 1.29 is 9.53 Å². The van der Waals surface area contributed by atoms with Crippen molar-refractivity contribution in [1.29, 1.82) is 0 Å². The van der Waals surface area contributed by atoms with Gasteiger partial charge in [0.15, 0.2) is 0 Å². The van der Waals surface area contributed by atoms with Gasteiger partial charge >= 0.3 is 5.97 Å². The Labute approximate surface area is 103 Å². The molecule has 1 rings (SSSR count). The predicted molar refractivity (Wildman–Crippen MR) is 64.9 cm³/mol. The average Bonchev–Trinajstić information content (AvgIpc) is 2.21. The average molecular weight is 292 g/mol. The Morgan fingerprint density at radius 2 is 2.27 bits per heavy atom. The summed E-state index contributed by atoms with van der Waals surface area (Å²) in [4.78, 5) is 11.6. The van der Waals surface area contributed by atoms with Crippen LogP contribution >= 0.6 is 27.5 Å². The third-order valence-corrected chi connectivity index (χ3v) is 2.56. The van der Waals surface area contributed by atoms with Crippen LogP contribution in [-0.2, 0) is 11.2 Å². The molecular weight excluding hydrogens is 279 g/mol. The van der Waals surface area contributed by atoms with Gasteiger partial charge in [-0.1, -0.05) is 33.6 Å². The number of hydrogen-bond donors (Lipinski definition) is 0. The second kappa shape index (κ2) is 6.13. The summed E-state index contributed by atoms with van der Waals surface area (Å²) in [5.41, 5.74) is 1.51. The Bertz CT molecular complexity index is 352. The third-order valence-electron chi connectivity index (χ3n) is 1.93. The van der Waals surface area contributed by atoms with Crippen LogP contribution in [0.15, 0.2) is 18.2 Å². The van der Waals surface area contributed by atoms with Gasteiger partial charge in [0.1, 0.15) is 0 Å². The molecule has 0 N–H and O–H groups in total. The van der Waals surface area contributed by atoms with E-state index in [1.807, 2.05) is 6.07 Å². The third kappa shape index (κ3) is 3.50. The maximum absolute atomic E-state index is 11.6. The molecule has 0 spiro atoms. The summed E-state index contributed by atoms with van der Waals surface area (Å²) in [7, 11) is 0. The quantitative estimate of drug-likeness (QED) is 0.627. The van der Waals surface area contributed by atoms with Crippen LogP contribution in [0.3, 0.4) is 0 Å². The number of carbonyl (C=O) groups excluding carboxylic acids is 1. The second-order valence-electron chi connectivity index (χ2n) is 2.96. The summed E-state index contributed by atoms with van der Waals surface area (Å²) >= 11 is 9.18. The first kappa shape index (κ1) is 12.5. The van der Waals surface area contributed by atoms with Crippen LogP contribution in [0.5, 0.6) is 0 Å². The van der Waals surface area contributed by atoms with Gasteiger partial charge in [-0.3, -0.25) is 0 Å². The number of hydrogen-bond acceptors (Lipinski definition) is 2. The number of benzene rings is 1. The summed E-state index contributed by atoms with van der Waals surface area (Å²) in [6, 6.07) is 5.29. The molecule has 0 radical (unpaired) electrons. The van der Waals surface area contributed by atoms with E-state index in [2.05, 4.69) is 15.9 Å². The van der Waals surface area contributed by atoms with E-state index in [0.29, 0.717) is 17.2 Å². The van der Waals surface area contributed by atoms with Gasteiger partial charge in [-0.05, 0) is 31.0 Å². The molecule has 0 unspecified atom stereocenters. The molecule has 82 valence electrons. The monoisotopic (exact) mass is 290 g/mol. The van der Waals surface area contributed by atoms with Crippen molar-refractivity contribution in [2.75, 3.05) is 11.9 Å². The maximum Gasteiger partial charge on any atom is 0.338 e. The van der Waals surface area contributed by atoms with Crippen molar-refractivity contribution in [3.63, 3.8) is 0 Å². The fourth-order valence-electron chi connectivity index (χ4n) is 1.27. The normalized spacial score (nSPS) is 10.1. The predicted octanol–water partition coefficient (Wildman–Crippen LogP) is 3.45. The van der Waals surface area contributed by atoms with Crippen molar-refractivity contribution in [3.05, 3.63) is 34.3 Å². The summed E-state index contributed by atoms with van der Waals surface area (Å²) < 4.78 is 4.96. The van der Waals surface area contributed by atoms with Crippen LogP contribution in [0.1, 0.15) is 22.8 Å².